The zero-order valence-electron chi connectivity index (χ0n) is 21.9. The summed E-state index contributed by atoms with van der Waals surface area (Å²) in [4.78, 5) is 30.3. The summed E-state index contributed by atoms with van der Waals surface area (Å²) in [6.45, 7) is 4.95. The van der Waals surface area contributed by atoms with Crippen LogP contribution >= 0.6 is 0 Å². The predicted octanol–water partition coefficient (Wildman–Crippen LogP) is 3.13. The number of hydrogen-bond donors (Lipinski definition) is 2. The Morgan fingerprint density at radius 1 is 0.974 bits per heavy atom. The van der Waals surface area contributed by atoms with Crippen molar-refractivity contribution in [2.24, 2.45) is 0 Å². The second-order valence-corrected chi connectivity index (χ2v) is 10.5. The van der Waals surface area contributed by atoms with Crippen molar-refractivity contribution >= 4 is 28.7 Å². The van der Waals surface area contributed by atoms with E-state index in [2.05, 4.69) is 25.4 Å². The third-order valence-electron chi connectivity index (χ3n) is 7.79. The summed E-state index contributed by atoms with van der Waals surface area (Å²) in [5.74, 6) is 1.17. The normalized spacial score (nSPS) is 22.2. The molecule has 3 aromatic rings. The van der Waals surface area contributed by atoms with Gasteiger partial charge in [-0.1, -0.05) is 12.1 Å². The standard InChI is InChI=1S/C27H34F2N8O2/c28-25(29)26-32-20-4-1-2-5-21(20)37(26)23-16-22(36-12-14-39-15-13-36)33-27(34-23)31-19-8-6-18(7-9-19)30-24(38)17-35-10-3-11-35/h1-2,4-5,16,18-19,25H,3,6-15,17H2,(H,30,38)(H,31,33,34)/t18-,19-. The lowest BCUT2D eigenvalue weighted by molar-refractivity contribution is -0.124. The average molecular weight is 541 g/mol. The maximum Gasteiger partial charge on any atom is 0.296 e. The molecular formula is C27H34F2N8O2. The quantitative estimate of drug-likeness (QED) is 0.450. The van der Waals surface area contributed by atoms with Crippen LogP contribution in [-0.4, -0.2) is 88.3 Å². The first kappa shape index (κ1) is 25.9. The predicted molar refractivity (Wildman–Crippen MR) is 144 cm³/mol. The summed E-state index contributed by atoms with van der Waals surface area (Å²) in [5.41, 5.74) is 1.06. The minimum absolute atomic E-state index is 0.0969. The second kappa shape index (κ2) is 11.4. The number of ether oxygens (including phenoxy) is 1. The van der Waals surface area contributed by atoms with Crippen LogP contribution < -0.4 is 15.5 Å². The van der Waals surface area contributed by atoms with Gasteiger partial charge in [-0.15, -0.1) is 0 Å². The first-order chi connectivity index (χ1) is 19.0. The van der Waals surface area contributed by atoms with Gasteiger partial charge in [0.1, 0.15) is 11.6 Å². The van der Waals surface area contributed by atoms with E-state index in [1.807, 2.05) is 0 Å². The Morgan fingerprint density at radius 3 is 2.41 bits per heavy atom. The number of anilines is 2. The topological polar surface area (TPSA) is 100 Å². The molecule has 0 unspecified atom stereocenters. The fourth-order valence-corrected chi connectivity index (χ4v) is 5.57. The summed E-state index contributed by atoms with van der Waals surface area (Å²) in [6.07, 6.45) is 1.84. The number of carbonyl (C=O) groups excluding carboxylic acids is 1. The molecule has 6 rings (SSSR count). The van der Waals surface area contributed by atoms with Gasteiger partial charge in [0.25, 0.3) is 6.43 Å². The third-order valence-corrected chi connectivity index (χ3v) is 7.79. The van der Waals surface area contributed by atoms with Gasteiger partial charge in [-0.3, -0.25) is 14.3 Å². The number of amides is 1. The van der Waals surface area contributed by atoms with Crippen LogP contribution in [0.15, 0.2) is 30.3 Å². The second-order valence-electron chi connectivity index (χ2n) is 10.5. The Morgan fingerprint density at radius 2 is 1.69 bits per heavy atom. The number of nitrogens with one attached hydrogen (secondary N) is 2. The lowest BCUT2D eigenvalue weighted by Crippen LogP contribution is -2.48. The number of carbonyl (C=O) groups is 1. The van der Waals surface area contributed by atoms with Crippen LogP contribution in [0.2, 0.25) is 0 Å². The summed E-state index contributed by atoms with van der Waals surface area (Å²) in [7, 11) is 0. The molecule has 2 N–H and O–H groups in total. The average Bonchev–Trinajstić information content (AvgIpc) is 3.32. The SMILES string of the molecule is O=C(CN1CCC1)N[C@H]1CC[C@H](Nc2nc(N3CCOCC3)cc(-n3c(C(F)F)nc4ccccc43)n2)CC1. The highest BCUT2D eigenvalue weighted by Crippen LogP contribution is 2.30. The number of rotatable bonds is 8. The van der Waals surface area contributed by atoms with Crippen molar-refractivity contribution in [1.29, 1.82) is 0 Å². The molecule has 2 aromatic heterocycles. The Kier molecular flexibility index (Phi) is 7.55. The molecule has 1 amide bonds. The first-order valence-electron chi connectivity index (χ1n) is 13.8. The minimum atomic E-state index is -2.76. The number of imidazole rings is 1. The number of halogens is 2. The monoisotopic (exact) mass is 540 g/mol. The van der Waals surface area contributed by atoms with Crippen LogP contribution in [0.3, 0.4) is 0 Å². The molecule has 2 saturated heterocycles. The molecular weight excluding hydrogens is 506 g/mol. The molecule has 1 aromatic carbocycles. The molecule has 39 heavy (non-hydrogen) atoms. The molecule has 0 atom stereocenters. The molecule has 4 heterocycles. The van der Waals surface area contributed by atoms with E-state index in [0.29, 0.717) is 61.5 Å². The largest absolute Gasteiger partial charge is 0.378 e. The number of likely N-dealkylation sites (tertiary alicyclic amines) is 1. The van der Waals surface area contributed by atoms with Gasteiger partial charge >= 0.3 is 0 Å². The van der Waals surface area contributed by atoms with Crippen molar-refractivity contribution in [2.75, 3.05) is 56.2 Å². The highest BCUT2D eigenvalue weighted by atomic mass is 19.3. The van der Waals surface area contributed by atoms with Crippen LogP contribution in [0.5, 0.6) is 0 Å². The van der Waals surface area contributed by atoms with Crippen molar-refractivity contribution in [2.45, 2.75) is 50.6 Å². The van der Waals surface area contributed by atoms with Crippen LogP contribution in [0.4, 0.5) is 20.5 Å². The number of para-hydroxylation sites is 2. The first-order valence-corrected chi connectivity index (χ1v) is 13.8. The van der Waals surface area contributed by atoms with Crippen molar-refractivity contribution in [3.8, 4) is 5.82 Å². The van der Waals surface area contributed by atoms with E-state index in [1.165, 1.54) is 11.0 Å². The molecule has 12 heteroatoms. The highest BCUT2D eigenvalue weighted by molar-refractivity contribution is 5.79. The molecule has 0 spiro atoms. The number of hydrogen-bond acceptors (Lipinski definition) is 8. The van der Waals surface area contributed by atoms with E-state index in [0.717, 1.165) is 38.8 Å². The number of nitrogens with zero attached hydrogens (tertiary/aromatic N) is 6. The number of morpholine rings is 1. The van der Waals surface area contributed by atoms with E-state index in [1.54, 1.807) is 30.3 Å². The number of benzene rings is 1. The van der Waals surface area contributed by atoms with Gasteiger partial charge in [0, 0.05) is 31.2 Å². The van der Waals surface area contributed by atoms with Gasteiger partial charge in [-0.05, 0) is 57.3 Å². The van der Waals surface area contributed by atoms with Crippen molar-refractivity contribution < 1.29 is 18.3 Å². The summed E-state index contributed by atoms with van der Waals surface area (Å²) in [6, 6.07) is 9.12. The van der Waals surface area contributed by atoms with Crippen molar-refractivity contribution in [3.05, 3.63) is 36.2 Å². The molecule has 3 fully saturated rings. The van der Waals surface area contributed by atoms with Crippen LogP contribution in [0.25, 0.3) is 16.9 Å². The Balaban J connectivity index is 1.22. The zero-order valence-corrected chi connectivity index (χ0v) is 21.9. The van der Waals surface area contributed by atoms with Gasteiger partial charge in [0.05, 0.1) is 30.8 Å². The van der Waals surface area contributed by atoms with E-state index in [4.69, 9.17) is 14.7 Å². The van der Waals surface area contributed by atoms with Crippen LogP contribution in [0.1, 0.15) is 44.4 Å². The lowest BCUT2D eigenvalue weighted by atomic mass is 9.91. The highest BCUT2D eigenvalue weighted by Gasteiger charge is 2.27. The fraction of sp³-hybridized carbons (Fsp3) is 0.556. The molecule has 0 bridgehead atoms. The van der Waals surface area contributed by atoms with Crippen molar-refractivity contribution in [3.63, 3.8) is 0 Å². The van der Waals surface area contributed by atoms with E-state index in [-0.39, 0.29) is 23.8 Å². The van der Waals surface area contributed by atoms with Gasteiger partial charge in [-0.25, -0.2) is 13.8 Å². The summed E-state index contributed by atoms with van der Waals surface area (Å²) in [5, 5.41) is 6.64. The Labute approximate surface area is 225 Å². The van der Waals surface area contributed by atoms with Crippen LogP contribution in [-0.2, 0) is 9.53 Å². The third kappa shape index (κ3) is 5.81. The van der Waals surface area contributed by atoms with E-state index in [9.17, 15) is 13.6 Å². The molecule has 10 nitrogen and oxygen atoms in total. The van der Waals surface area contributed by atoms with Gasteiger partial charge in [0.2, 0.25) is 11.9 Å². The number of fused-ring (bicyclic) bond motifs is 1. The molecule has 1 saturated carbocycles. The zero-order chi connectivity index (χ0) is 26.8. The maximum absolute atomic E-state index is 14.1. The Hall–Kier alpha value is -3.38. The fourth-order valence-electron chi connectivity index (χ4n) is 5.57. The summed E-state index contributed by atoms with van der Waals surface area (Å²) >= 11 is 0. The lowest BCUT2D eigenvalue weighted by Gasteiger charge is -2.33. The van der Waals surface area contributed by atoms with Gasteiger partial charge in [0.15, 0.2) is 5.82 Å². The van der Waals surface area contributed by atoms with Crippen LogP contribution in [0, 0.1) is 0 Å². The maximum atomic E-state index is 14.1. The minimum Gasteiger partial charge on any atom is -0.378 e. The molecule has 3 aliphatic rings. The Bertz CT molecular complexity index is 1300. The van der Waals surface area contributed by atoms with Gasteiger partial charge < -0.3 is 20.3 Å². The van der Waals surface area contributed by atoms with E-state index >= 15 is 0 Å². The molecule has 2 aliphatic heterocycles. The molecule has 0 radical (unpaired) electrons. The van der Waals surface area contributed by atoms with Gasteiger partial charge in [-0.2, -0.15) is 9.97 Å². The smallest absolute Gasteiger partial charge is 0.296 e. The molecule has 208 valence electrons. The van der Waals surface area contributed by atoms with E-state index < -0.39 is 6.43 Å². The summed E-state index contributed by atoms with van der Waals surface area (Å²) < 4.78 is 35.1. The molecule has 1 aliphatic carbocycles. The van der Waals surface area contributed by atoms with Crippen molar-refractivity contribution in [1.82, 2.24) is 29.7 Å². The number of aromatic nitrogens is 4. The number of alkyl halides is 2.